The summed E-state index contributed by atoms with van der Waals surface area (Å²) in [6.45, 7) is 1.57. The number of rotatable bonds is 2. The average Bonchev–Trinajstić information content (AvgIpc) is 2.49. The number of hydrogen-bond donors (Lipinski definition) is 0. The summed E-state index contributed by atoms with van der Waals surface area (Å²) in [6.07, 6.45) is 3.30. The van der Waals surface area contributed by atoms with Crippen LogP contribution in [-0.2, 0) is 16.3 Å². The summed E-state index contributed by atoms with van der Waals surface area (Å²) in [5.41, 5.74) is 2.14. The molecule has 0 heterocycles. The molecule has 0 fully saturated rings. The molecule has 0 aliphatic heterocycles. The highest BCUT2D eigenvalue weighted by molar-refractivity contribution is 14.1. The van der Waals surface area contributed by atoms with E-state index in [1.54, 1.807) is 13.0 Å². The summed E-state index contributed by atoms with van der Waals surface area (Å²) in [6, 6.07) is 9.72. The van der Waals surface area contributed by atoms with Crippen LogP contribution in [0.2, 0.25) is 0 Å². The number of allylic oxidation sites excluding steroid dienone is 1. The Balaban J connectivity index is 2.14. The van der Waals surface area contributed by atoms with Crippen molar-refractivity contribution in [3.8, 4) is 0 Å². The fourth-order valence-corrected chi connectivity index (χ4v) is 4.86. The second-order valence-electron chi connectivity index (χ2n) is 5.32. The third-order valence-electron chi connectivity index (χ3n) is 3.81. The van der Waals surface area contributed by atoms with Gasteiger partial charge in [0.2, 0.25) is 9.84 Å². The largest absolute Gasteiger partial charge is 0.219 e. The standard InChI is InChI=1S/C17H14FIO2S/c1-11-9-14(6-8-16(11)18)22(20,21)17-4-2-3-12-10-13(19)5-7-15(12)17/h4-10H,2-3H2,1H3. The zero-order valence-corrected chi connectivity index (χ0v) is 14.9. The van der Waals surface area contributed by atoms with Crippen LogP contribution in [0.15, 0.2) is 47.4 Å². The van der Waals surface area contributed by atoms with Gasteiger partial charge in [-0.3, -0.25) is 0 Å². The van der Waals surface area contributed by atoms with Crippen molar-refractivity contribution in [3.63, 3.8) is 0 Å². The molecule has 0 atom stereocenters. The molecule has 0 spiro atoms. The SMILES string of the molecule is Cc1cc(S(=O)(=O)C2=CCCc3cc(I)ccc32)ccc1F. The molecule has 0 N–H and O–H groups in total. The van der Waals surface area contributed by atoms with E-state index in [0.717, 1.165) is 21.1 Å². The highest BCUT2D eigenvalue weighted by Gasteiger charge is 2.26. The predicted octanol–water partition coefficient (Wildman–Crippen LogP) is 4.50. The predicted molar refractivity (Wildman–Crippen MR) is 93.8 cm³/mol. The second-order valence-corrected chi connectivity index (χ2v) is 8.49. The first kappa shape index (κ1) is 15.7. The van der Waals surface area contributed by atoms with Gasteiger partial charge in [-0.2, -0.15) is 0 Å². The first-order valence-corrected chi connectivity index (χ1v) is 9.46. The minimum atomic E-state index is -3.64. The fourth-order valence-electron chi connectivity index (χ4n) is 2.64. The van der Waals surface area contributed by atoms with Crippen molar-refractivity contribution in [1.82, 2.24) is 0 Å². The van der Waals surface area contributed by atoms with E-state index in [1.807, 2.05) is 18.2 Å². The van der Waals surface area contributed by atoms with E-state index in [1.165, 1.54) is 18.2 Å². The van der Waals surface area contributed by atoms with Crippen molar-refractivity contribution in [2.45, 2.75) is 24.7 Å². The number of benzene rings is 2. The van der Waals surface area contributed by atoms with Gasteiger partial charge in [0.05, 0.1) is 9.80 Å². The minimum absolute atomic E-state index is 0.143. The Bertz CT molecular complexity index is 886. The van der Waals surface area contributed by atoms with Gasteiger partial charge in [-0.1, -0.05) is 12.1 Å². The fraction of sp³-hybridized carbons (Fsp3) is 0.176. The Morgan fingerprint density at radius 2 is 1.91 bits per heavy atom. The van der Waals surface area contributed by atoms with Crippen molar-refractivity contribution >= 4 is 37.3 Å². The van der Waals surface area contributed by atoms with Gasteiger partial charge >= 0.3 is 0 Å². The molecule has 22 heavy (non-hydrogen) atoms. The van der Waals surface area contributed by atoms with E-state index < -0.39 is 15.7 Å². The van der Waals surface area contributed by atoms with E-state index in [9.17, 15) is 12.8 Å². The van der Waals surface area contributed by atoms with E-state index in [4.69, 9.17) is 0 Å². The molecule has 3 rings (SSSR count). The third kappa shape index (κ3) is 2.72. The van der Waals surface area contributed by atoms with Crippen LogP contribution in [0, 0.1) is 16.3 Å². The van der Waals surface area contributed by atoms with E-state index in [-0.39, 0.29) is 4.90 Å². The molecular formula is C17H14FIO2S. The van der Waals surface area contributed by atoms with Crippen LogP contribution in [0.5, 0.6) is 0 Å². The van der Waals surface area contributed by atoms with E-state index in [0.29, 0.717) is 16.9 Å². The van der Waals surface area contributed by atoms with Gasteiger partial charge in [-0.15, -0.1) is 0 Å². The van der Waals surface area contributed by atoms with Crippen LogP contribution >= 0.6 is 22.6 Å². The molecule has 0 unspecified atom stereocenters. The average molecular weight is 428 g/mol. The summed E-state index contributed by atoms with van der Waals surface area (Å²) < 4.78 is 40.3. The molecule has 2 aromatic carbocycles. The molecule has 0 radical (unpaired) electrons. The van der Waals surface area contributed by atoms with Gasteiger partial charge in [0.15, 0.2) is 0 Å². The maximum atomic E-state index is 13.4. The number of hydrogen-bond acceptors (Lipinski definition) is 2. The van der Waals surface area contributed by atoms with Crippen molar-refractivity contribution in [2.24, 2.45) is 0 Å². The van der Waals surface area contributed by atoms with Crippen LogP contribution in [0.3, 0.4) is 0 Å². The van der Waals surface area contributed by atoms with Crippen LogP contribution in [-0.4, -0.2) is 8.42 Å². The maximum absolute atomic E-state index is 13.4. The van der Waals surface area contributed by atoms with Gasteiger partial charge in [0.1, 0.15) is 5.82 Å². The first-order valence-electron chi connectivity index (χ1n) is 6.90. The normalized spacial score (nSPS) is 14.4. The molecule has 1 aliphatic rings. The maximum Gasteiger partial charge on any atom is 0.206 e. The molecule has 0 amide bonds. The van der Waals surface area contributed by atoms with Gasteiger partial charge < -0.3 is 0 Å². The van der Waals surface area contributed by atoms with Crippen LogP contribution in [0.1, 0.15) is 23.1 Å². The van der Waals surface area contributed by atoms with Gasteiger partial charge in [0.25, 0.3) is 0 Å². The highest BCUT2D eigenvalue weighted by atomic mass is 127. The lowest BCUT2D eigenvalue weighted by molar-refractivity contribution is 0.602. The van der Waals surface area contributed by atoms with Crippen LogP contribution in [0.4, 0.5) is 4.39 Å². The van der Waals surface area contributed by atoms with Crippen molar-refractivity contribution in [1.29, 1.82) is 0 Å². The quantitative estimate of drug-likeness (QED) is 0.522. The molecule has 0 bridgehead atoms. The molecule has 2 nitrogen and oxygen atoms in total. The van der Waals surface area contributed by atoms with Crippen molar-refractivity contribution < 1.29 is 12.8 Å². The van der Waals surface area contributed by atoms with Gasteiger partial charge in [-0.05, 0) is 89.4 Å². The molecule has 5 heteroatoms. The lowest BCUT2D eigenvalue weighted by Gasteiger charge is -2.18. The Hall–Kier alpha value is -1.21. The molecule has 1 aliphatic carbocycles. The van der Waals surface area contributed by atoms with Gasteiger partial charge in [-0.25, -0.2) is 12.8 Å². The summed E-state index contributed by atoms with van der Waals surface area (Å²) >= 11 is 2.22. The topological polar surface area (TPSA) is 34.1 Å². The smallest absolute Gasteiger partial charge is 0.206 e. The Labute approximate surface area is 143 Å². The highest BCUT2D eigenvalue weighted by Crippen LogP contribution is 2.35. The van der Waals surface area contributed by atoms with Gasteiger partial charge in [0, 0.05) is 3.57 Å². The van der Waals surface area contributed by atoms with Crippen molar-refractivity contribution in [3.05, 3.63) is 68.6 Å². The second kappa shape index (κ2) is 5.77. The number of sulfone groups is 1. The summed E-state index contributed by atoms with van der Waals surface area (Å²) in [5.74, 6) is -0.397. The van der Waals surface area contributed by atoms with Crippen molar-refractivity contribution in [2.75, 3.05) is 0 Å². The lowest BCUT2D eigenvalue weighted by Crippen LogP contribution is -2.10. The zero-order valence-electron chi connectivity index (χ0n) is 11.9. The summed E-state index contributed by atoms with van der Waals surface area (Å²) in [5, 5.41) is 0. The minimum Gasteiger partial charge on any atom is -0.219 e. The Morgan fingerprint density at radius 1 is 1.14 bits per heavy atom. The summed E-state index contributed by atoms with van der Waals surface area (Å²) in [7, 11) is -3.64. The van der Waals surface area contributed by atoms with E-state index in [2.05, 4.69) is 22.6 Å². The molecule has 0 saturated carbocycles. The number of aryl methyl sites for hydroxylation is 2. The van der Waals surface area contributed by atoms with Crippen LogP contribution in [0.25, 0.3) is 4.91 Å². The third-order valence-corrected chi connectivity index (χ3v) is 6.32. The number of halogens is 2. The van der Waals surface area contributed by atoms with Crippen LogP contribution < -0.4 is 0 Å². The first-order chi connectivity index (χ1) is 10.4. The zero-order chi connectivity index (χ0) is 15.9. The molecule has 0 saturated heterocycles. The summed E-state index contributed by atoms with van der Waals surface area (Å²) in [4.78, 5) is 0.472. The van der Waals surface area contributed by atoms with E-state index >= 15 is 0 Å². The lowest BCUT2D eigenvalue weighted by atomic mass is 9.97. The molecule has 2 aromatic rings. The number of fused-ring (bicyclic) bond motifs is 1. The molecule has 0 aromatic heterocycles. The monoisotopic (exact) mass is 428 g/mol. The Kier molecular flexibility index (Phi) is 4.11. The molecular weight excluding hydrogens is 414 g/mol. The molecule has 114 valence electrons. The Morgan fingerprint density at radius 3 is 2.64 bits per heavy atom.